The van der Waals surface area contributed by atoms with Crippen molar-refractivity contribution in [1.82, 2.24) is 5.32 Å². The Morgan fingerprint density at radius 1 is 1.89 bits per heavy atom. The van der Waals surface area contributed by atoms with Crippen molar-refractivity contribution in [2.24, 2.45) is 5.73 Å². The summed E-state index contributed by atoms with van der Waals surface area (Å²) in [6, 6.07) is 0. The van der Waals surface area contributed by atoms with Gasteiger partial charge >= 0.3 is 0 Å². The van der Waals surface area contributed by atoms with Crippen molar-refractivity contribution >= 4 is 18.5 Å². The van der Waals surface area contributed by atoms with Crippen LogP contribution in [0.3, 0.4) is 0 Å². The highest BCUT2D eigenvalue weighted by atomic mass is 32.1. The summed E-state index contributed by atoms with van der Waals surface area (Å²) in [7, 11) is 0. The predicted molar refractivity (Wildman–Crippen MR) is 40.3 cm³/mol. The number of rotatable bonds is 3. The number of thiol groups is 1. The zero-order valence-corrected chi connectivity index (χ0v) is 6.32. The van der Waals surface area contributed by atoms with Crippen molar-refractivity contribution in [3.05, 3.63) is 0 Å². The second kappa shape index (κ2) is 4.64. The minimum atomic E-state index is -0.252. The standard InChI is InChI=1S/C5H12N2OS/c1-4(6)7-5(8)2-3-9/h4,9H,2-3,6H2,1H3,(H,7,8). The molecular weight excluding hydrogens is 136 g/mol. The second-order valence-electron chi connectivity index (χ2n) is 1.83. The number of amides is 1. The van der Waals surface area contributed by atoms with Crippen LogP contribution in [0.4, 0.5) is 0 Å². The van der Waals surface area contributed by atoms with E-state index in [-0.39, 0.29) is 12.1 Å². The van der Waals surface area contributed by atoms with Crippen LogP contribution in [0.5, 0.6) is 0 Å². The van der Waals surface area contributed by atoms with Crippen LogP contribution in [-0.2, 0) is 4.79 Å². The highest BCUT2D eigenvalue weighted by molar-refractivity contribution is 7.80. The lowest BCUT2D eigenvalue weighted by atomic mass is 10.4. The van der Waals surface area contributed by atoms with Gasteiger partial charge in [-0.15, -0.1) is 0 Å². The van der Waals surface area contributed by atoms with Crippen LogP contribution >= 0.6 is 12.6 Å². The van der Waals surface area contributed by atoms with Crippen LogP contribution < -0.4 is 11.1 Å². The Bertz CT molecular complexity index is 95.0. The van der Waals surface area contributed by atoms with Gasteiger partial charge in [0.2, 0.25) is 5.91 Å². The van der Waals surface area contributed by atoms with Gasteiger partial charge in [-0.25, -0.2) is 0 Å². The zero-order chi connectivity index (χ0) is 7.28. The number of carbonyl (C=O) groups excluding carboxylic acids is 1. The molecule has 1 atom stereocenters. The van der Waals surface area contributed by atoms with Crippen molar-refractivity contribution in [2.75, 3.05) is 5.75 Å². The Kier molecular flexibility index (Phi) is 4.53. The van der Waals surface area contributed by atoms with E-state index in [1.807, 2.05) is 0 Å². The molecule has 0 aliphatic heterocycles. The third-order valence-corrected chi connectivity index (χ3v) is 0.951. The first-order valence-electron chi connectivity index (χ1n) is 2.82. The molecule has 9 heavy (non-hydrogen) atoms. The summed E-state index contributed by atoms with van der Waals surface area (Å²) in [6.07, 6.45) is 0.183. The molecule has 0 spiro atoms. The molecule has 0 aliphatic carbocycles. The zero-order valence-electron chi connectivity index (χ0n) is 5.42. The van der Waals surface area contributed by atoms with Crippen LogP contribution in [0.15, 0.2) is 0 Å². The summed E-state index contributed by atoms with van der Waals surface area (Å²) >= 11 is 3.88. The average Bonchev–Trinajstić information content (AvgIpc) is 1.63. The largest absolute Gasteiger partial charge is 0.341 e. The van der Waals surface area contributed by atoms with Gasteiger partial charge in [-0.05, 0) is 12.7 Å². The molecule has 4 heteroatoms. The Morgan fingerprint density at radius 2 is 2.44 bits per heavy atom. The molecule has 0 aromatic heterocycles. The molecule has 3 N–H and O–H groups in total. The molecule has 0 rings (SSSR count). The Hall–Kier alpha value is -0.220. The van der Waals surface area contributed by atoms with E-state index in [0.29, 0.717) is 12.2 Å². The first kappa shape index (κ1) is 8.78. The van der Waals surface area contributed by atoms with Crippen molar-refractivity contribution < 1.29 is 4.79 Å². The number of nitrogens with two attached hydrogens (primary N) is 1. The normalized spacial score (nSPS) is 12.8. The van der Waals surface area contributed by atoms with Crippen molar-refractivity contribution in [1.29, 1.82) is 0 Å². The molecule has 0 radical (unpaired) electrons. The summed E-state index contributed by atoms with van der Waals surface area (Å²) in [4.78, 5) is 10.6. The second-order valence-corrected chi connectivity index (χ2v) is 2.28. The van der Waals surface area contributed by atoms with Crippen LogP contribution in [0, 0.1) is 0 Å². The van der Waals surface area contributed by atoms with Gasteiger partial charge in [-0.1, -0.05) is 0 Å². The molecule has 0 saturated heterocycles. The topological polar surface area (TPSA) is 55.1 Å². The Morgan fingerprint density at radius 3 is 2.78 bits per heavy atom. The lowest BCUT2D eigenvalue weighted by Crippen LogP contribution is -2.38. The molecule has 0 aromatic rings. The fourth-order valence-electron chi connectivity index (χ4n) is 0.428. The maximum Gasteiger partial charge on any atom is 0.222 e. The molecule has 0 heterocycles. The van der Waals surface area contributed by atoms with Gasteiger partial charge < -0.3 is 11.1 Å². The van der Waals surface area contributed by atoms with Crippen LogP contribution in [0.25, 0.3) is 0 Å². The van der Waals surface area contributed by atoms with E-state index >= 15 is 0 Å². The lowest BCUT2D eigenvalue weighted by Gasteiger charge is -2.05. The fourth-order valence-corrected chi connectivity index (χ4v) is 0.631. The number of hydrogen-bond donors (Lipinski definition) is 3. The van der Waals surface area contributed by atoms with E-state index in [1.165, 1.54) is 0 Å². The fraction of sp³-hybridized carbons (Fsp3) is 0.800. The highest BCUT2D eigenvalue weighted by Crippen LogP contribution is 1.82. The van der Waals surface area contributed by atoms with Gasteiger partial charge in [0.05, 0.1) is 6.17 Å². The summed E-state index contributed by atoms with van der Waals surface area (Å²) < 4.78 is 0. The van der Waals surface area contributed by atoms with Crippen molar-refractivity contribution in [3.8, 4) is 0 Å². The first-order chi connectivity index (χ1) is 4.16. The van der Waals surface area contributed by atoms with Gasteiger partial charge in [0, 0.05) is 6.42 Å². The van der Waals surface area contributed by atoms with Crippen molar-refractivity contribution in [3.63, 3.8) is 0 Å². The smallest absolute Gasteiger partial charge is 0.222 e. The van der Waals surface area contributed by atoms with Gasteiger partial charge in [0.1, 0.15) is 0 Å². The molecule has 54 valence electrons. The molecule has 3 nitrogen and oxygen atoms in total. The molecule has 0 aliphatic rings. The molecule has 1 amide bonds. The monoisotopic (exact) mass is 148 g/mol. The minimum Gasteiger partial charge on any atom is -0.341 e. The molecule has 0 saturated carbocycles. The lowest BCUT2D eigenvalue weighted by molar-refractivity contribution is -0.121. The summed E-state index contributed by atoms with van der Waals surface area (Å²) in [5, 5.41) is 2.53. The van der Waals surface area contributed by atoms with E-state index in [4.69, 9.17) is 5.73 Å². The van der Waals surface area contributed by atoms with E-state index in [1.54, 1.807) is 6.92 Å². The maximum absolute atomic E-state index is 10.6. The van der Waals surface area contributed by atoms with E-state index in [9.17, 15) is 4.79 Å². The number of carbonyl (C=O) groups is 1. The number of nitrogens with one attached hydrogen (secondary N) is 1. The summed E-state index contributed by atoms with van der Waals surface area (Å²) in [6.45, 7) is 1.72. The van der Waals surface area contributed by atoms with Crippen LogP contribution in [-0.4, -0.2) is 17.8 Å². The molecule has 0 aromatic carbocycles. The van der Waals surface area contributed by atoms with Gasteiger partial charge in [-0.2, -0.15) is 12.6 Å². The third-order valence-electron chi connectivity index (χ3n) is 0.728. The van der Waals surface area contributed by atoms with Crippen LogP contribution in [0.2, 0.25) is 0 Å². The molecular formula is C5H12N2OS. The van der Waals surface area contributed by atoms with Gasteiger partial charge in [0.15, 0.2) is 0 Å². The Labute approximate surface area is 60.4 Å². The Balaban J connectivity index is 3.27. The van der Waals surface area contributed by atoms with Crippen molar-refractivity contribution in [2.45, 2.75) is 19.5 Å². The molecule has 0 fully saturated rings. The third kappa shape index (κ3) is 5.65. The molecule has 0 bridgehead atoms. The minimum absolute atomic E-state index is 0.0417. The van der Waals surface area contributed by atoms with Crippen LogP contribution in [0.1, 0.15) is 13.3 Å². The first-order valence-corrected chi connectivity index (χ1v) is 3.46. The van der Waals surface area contributed by atoms with E-state index in [2.05, 4.69) is 17.9 Å². The van der Waals surface area contributed by atoms with E-state index in [0.717, 1.165) is 0 Å². The molecule has 1 unspecified atom stereocenters. The SMILES string of the molecule is CC(N)NC(=O)CCS. The number of hydrogen-bond acceptors (Lipinski definition) is 3. The summed E-state index contributed by atoms with van der Waals surface area (Å²) in [5.74, 6) is 0.526. The average molecular weight is 148 g/mol. The highest BCUT2D eigenvalue weighted by Gasteiger charge is 1.99. The van der Waals surface area contributed by atoms with E-state index < -0.39 is 0 Å². The summed E-state index contributed by atoms with van der Waals surface area (Å²) in [5.41, 5.74) is 5.27. The van der Waals surface area contributed by atoms with Gasteiger partial charge in [-0.3, -0.25) is 4.79 Å². The maximum atomic E-state index is 10.6. The predicted octanol–water partition coefficient (Wildman–Crippen LogP) is -0.273. The van der Waals surface area contributed by atoms with Gasteiger partial charge in [0.25, 0.3) is 0 Å². The quantitative estimate of drug-likeness (QED) is 0.381.